The molecule has 136 valence electrons. The molecule has 1 aromatic heterocycles. The topological polar surface area (TPSA) is 46.9 Å². The first-order chi connectivity index (χ1) is 12.8. The highest BCUT2D eigenvalue weighted by Gasteiger charge is 2.13. The molecule has 0 atom stereocenters. The van der Waals surface area contributed by atoms with Gasteiger partial charge in [-0.3, -0.25) is 4.79 Å². The lowest BCUT2D eigenvalue weighted by atomic mass is 10.1. The summed E-state index contributed by atoms with van der Waals surface area (Å²) in [5.41, 5.74) is 3.24. The van der Waals surface area contributed by atoms with Gasteiger partial charge in [0.05, 0.1) is 11.0 Å². The number of nitrogens with zero attached hydrogens (tertiary/aromatic N) is 2. The molecule has 3 aromatic rings. The average Bonchev–Trinajstić information content (AvgIpc) is 3.00. The van der Waals surface area contributed by atoms with E-state index in [2.05, 4.69) is 28.9 Å². The zero-order chi connectivity index (χ0) is 18.2. The number of aromatic nitrogens is 2. The van der Waals surface area contributed by atoms with Gasteiger partial charge in [-0.15, -0.1) is 0 Å². The first kappa shape index (κ1) is 18.2. The summed E-state index contributed by atoms with van der Waals surface area (Å²) in [5.74, 6) is 1.05. The lowest BCUT2D eigenvalue weighted by Gasteiger charge is -2.10. The van der Waals surface area contributed by atoms with Crippen LogP contribution in [-0.4, -0.2) is 22.0 Å². The summed E-state index contributed by atoms with van der Waals surface area (Å²) in [6.45, 7) is 3.18. The second-order valence-electron chi connectivity index (χ2n) is 6.65. The molecule has 1 amide bonds. The Morgan fingerprint density at radius 2 is 1.77 bits per heavy atom. The third kappa shape index (κ3) is 4.72. The number of hydrogen-bond acceptors (Lipinski definition) is 2. The smallest absolute Gasteiger partial charge is 0.240 e. The van der Waals surface area contributed by atoms with E-state index in [0.29, 0.717) is 13.1 Å². The molecule has 0 aliphatic rings. The highest BCUT2D eigenvalue weighted by molar-refractivity contribution is 5.81. The minimum atomic E-state index is 0.0424. The van der Waals surface area contributed by atoms with Crippen LogP contribution in [0.5, 0.6) is 0 Å². The molecule has 0 saturated carbocycles. The number of para-hydroxylation sites is 2. The van der Waals surface area contributed by atoms with Crippen molar-refractivity contribution in [2.75, 3.05) is 6.54 Å². The first-order valence-electron chi connectivity index (χ1n) is 9.52. The summed E-state index contributed by atoms with van der Waals surface area (Å²) in [6, 6.07) is 18.3. The lowest BCUT2D eigenvalue weighted by Crippen LogP contribution is -2.30. The maximum Gasteiger partial charge on any atom is 0.240 e. The van der Waals surface area contributed by atoms with Gasteiger partial charge in [-0.25, -0.2) is 4.98 Å². The largest absolute Gasteiger partial charge is 0.354 e. The first-order valence-corrected chi connectivity index (χ1v) is 9.52. The molecule has 3 rings (SSSR count). The van der Waals surface area contributed by atoms with Crippen LogP contribution in [0.2, 0.25) is 0 Å². The van der Waals surface area contributed by atoms with Crippen molar-refractivity contribution in [3.05, 3.63) is 66.0 Å². The predicted octanol–water partition coefficient (Wildman–Crippen LogP) is 4.13. The molecule has 0 saturated heterocycles. The number of rotatable bonds is 9. The van der Waals surface area contributed by atoms with Crippen LogP contribution in [0.3, 0.4) is 0 Å². The number of carbonyl (C=O) groups is 1. The van der Waals surface area contributed by atoms with Crippen LogP contribution in [0.25, 0.3) is 11.0 Å². The number of unbranched alkanes of at least 4 members (excludes halogenated alkanes) is 2. The summed E-state index contributed by atoms with van der Waals surface area (Å²) in [4.78, 5) is 17.2. The minimum absolute atomic E-state index is 0.0424. The Balaban J connectivity index is 1.64. The van der Waals surface area contributed by atoms with Crippen molar-refractivity contribution in [3.63, 3.8) is 0 Å². The third-order valence-electron chi connectivity index (χ3n) is 4.62. The van der Waals surface area contributed by atoms with Gasteiger partial charge < -0.3 is 9.88 Å². The average molecular weight is 349 g/mol. The second kappa shape index (κ2) is 9.18. The molecule has 4 nitrogen and oxygen atoms in total. The standard InChI is InChI=1S/C22H27N3O/c1-2-3-5-14-21-24-19-12-8-9-13-20(19)25(21)17-22(26)23-16-15-18-10-6-4-7-11-18/h4,6-13H,2-3,5,14-17H2,1H3,(H,23,26). The van der Waals surface area contributed by atoms with E-state index in [-0.39, 0.29) is 5.91 Å². The lowest BCUT2D eigenvalue weighted by molar-refractivity contribution is -0.121. The van der Waals surface area contributed by atoms with E-state index in [1.807, 2.05) is 42.5 Å². The van der Waals surface area contributed by atoms with E-state index in [0.717, 1.165) is 36.1 Å². The number of benzene rings is 2. The van der Waals surface area contributed by atoms with E-state index in [1.54, 1.807) is 0 Å². The van der Waals surface area contributed by atoms with E-state index in [9.17, 15) is 4.79 Å². The SMILES string of the molecule is CCCCCc1nc2ccccc2n1CC(=O)NCCc1ccccc1. The van der Waals surface area contributed by atoms with Crippen LogP contribution < -0.4 is 5.32 Å². The number of imidazole rings is 1. The molecule has 0 bridgehead atoms. The summed E-state index contributed by atoms with van der Waals surface area (Å²) < 4.78 is 2.07. The molecular weight excluding hydrogens is 322 g/mol. The molecule has 1 heterocycles. The van der Waals surface area contributed by atoms with E-state index < -0.39 is 0 Å². The van der Waals surface area contributed by atoms with Crippen molar-refractivity contribution in [1.82, 2.24) is 14.9 Å². The van der Waals surface area contributed by atoms with Crippen LogP contribution in [0.15, 0.2) is 54.6 Å². The zero-order valence-electron chi connectivity index (χ0n) is 15.4. The molecule has 0 spiro atoms. The van der Waals surface area contributed by atoms with Gasteiger partial charge in [0.25, 0.3) is 0 Å². The Morgan fingerprint density at radius 1 is 1.00 bits per heavy atom. The Hall–Kier alpha value is -2.62. The van der Waals surface area contributed by atoms with Crippen LogP contribution in [0.1, 0.15) is 37.6 Å². The molecular formula is C22H27N3O. The molecule has 0 unspecified atom stereocenters. The van der Waals surface area contributed by atoms with Crippen molar-refractivity contribution in [3.8, 4) is 0 Å². The predicted molar refractivity (Wildman–Crippen MR) is 106 cm³/mol. The van der Waals surface area contributed by atoms with Gasteiger partial charge in [-0.05, 0) is 30.5 Å². The van der Waals surface area contributed by atoms with Crippen molar-refractivity contribution in [2.45, 2.75) is 45.6 Å². The number of fused-ring (bicyclic) bond motifs is 1. The van der Waals surface area contributed by atoms with Crippen LogP contribution in [-0.2, 0) is 24.2 Å². The quantitative estimate of drug-likeness (QED) is 0.591. The fourth-order valence-electron chi connectivity index (χ4n) is 3.22. The van der Waals surface area contributed by atoms with Gasteiger partial charge >= 0.3 is 0 Å². The molecule has 0 aliphatic carbocycles. The van der Waals surface area contributed by atoms with Gasteiger partial charge in [0.1, 0.15) is 12.4 Å². The van der Waals surface area contributed by atoms with Gasteiger partial charge in [0.2, 0.25) is 5.91 Å². The molecule has 2 aromatic carbocycles. The monoisotopic (exact) mass is 349 g/mol. The Morgan fingerprint density at radius 3 is 2.58 bits per heavy atom. The molecule has 26 heavy (non-hydrogen) atoms. The van der Waals surface area contributed by atoms with Crippen molar-refractivity contribution in [1.29, 1.82) is 0 Å². The number of aryl methyl sites for hydroxylation is 1. The Labute approximate surface area is 155 Å². The molecule has 4 heteroatoms. The third-order valence-corrected chi connectivity index (χ3v) is 4.62. The van der Waals surface area contributed by atoms with Crippen molar-refractivity contribution in [2.24, 2.45) is 0 Å². The maximum absolute atomic E-state index is 12.5. The Kier molecular flexibility index (Phi) is 6.42. The van der Waals surface area contributed by atoms with Crippen molar-refractivity contribution >= 4 is 16.9 Å². The van der Waals surface area contributed by atoms with E-state index in [4.69, 9.17) is 4.98 Å². The number of carbonyl (C=O) groups excluding carboxylic acids is 1. The van der Waals surface area contributed by atoms with Gasteiger partial charge in [0, 0.05) is 13.0 Å². The van der Waals surface area contributed by atoms with Crippen molar-refractivity contribution < 1.29 is 4.79 Å². The Bertz CT molecular complexity index is 839. The second-order valence-corrected chi connectivity index (χ2v) is 6.65. The molecule has 0 fully saturated rings. The maximum atomic E-state index is 12.5. The fraction of sp³-hybridized carbons (Fsp3) is 0.364. The summed E-state index contributed by atoms with van der Waals surface area (Å²) >= 11 is 0. The summed E-state index contributed by atoms with van der Waals surface area (Å²) in [7, 11) is 0. The van der Waals surface area contributed by atoms with Gasteiger partial charge in [0.15, 0.2) is 0 Å². The number of hydrogen-bond donors (Lipinski definition) is 1. The van der Waals surface area contributed by atoms with E-state index in [1.165, 1.54) is 18.4 Å². The van der Waals surface area contributed by atoms with Gasteiger partial charge in [-0.1, -0.05) is 62.2 Å². The number of nitrogens with one attached hydrogen (secondary N) is 1. The van der Waals surface area contributed by atoms with Gasteiger partial charge in [-0.2, -0.15) is 0 Å². The molecule has 1 N–H and O–H groups in total. The normalized spacial score (nSPS) is 11.0. The number of amides is 1. The van der Waals surface area contributed by atoms with E-state index >= 15 is 0 Å². The highest BCUT2D eigenvalue weighted by atomic mass is 16.1. The van der Waals surface area contributed by atoms with Crippen LogP contribution in [0, 0.1) is 0 Å². The minimum Gasteiger partial charge on any atom is -0.354 e. The fourth-order valence-corrected chi connectivity index (χ4v) is 3.22. The summed E-state index contributed by atoms with van der Waals surface area (Å²) in [5, 5.41) is 3.04. The van der Waals surface area contributed by atoms with Crippen LogP contribution >= 0.6 is 0 Å². The summed E-state index contributed by atoms with van der Waals surface area (Å²) in [6.07, 6.45) is 5.24. The zero-order valence-corrected chi connectivity index (χ0v) is 15.4. The molecule has 0 aliphatic heterocycles. The molecule has 0 radical (unpaired) electrons. The highest BCUT2D eigenvalue weighted by Crippen LogP contribution is 2.17. The van der Waals surface area contributed by atoms with Crippen LogP contribution in [0.4, 0.5) is 0 Å².